The van der Waals surface area contributed by atoms with Crippen molar-refractivity contribution in [1.82, 2.24) is 0 Å². The third-order valence-corrected chi connectivity index (χ3v) is 5.46. The molecule has 2 aromatic rings. The Balaban J connectivity index is 0.00000264. The molecule has 24 heavy (non-hydrogen) atoms. The van der Waals surface area contributed by atoms with E-state index in [1.807, 2.05) is 0 Å². The molecule has 0 aliphatic carbocycles. The van der Waals surface area contributed by atoms with Crippen LogP contribution in [-0.2, 0) is 20.2 Å². The van der Waals surface area contributed by atoms with Gasteiger partial charge in [0.1, 0.15) is 20.2 Å². The second-order valence-electron chi connectivity index (χ2n) is 4.19. The molecule has 0 atom stereocenters. The van der Waals surface area contributed by atoms with Crippen molar-refractivity contribution < 1.29 is 85.1 Å². The quantitative estimate of drug-likeness (QED) is 0.312. The van der Waals surface area contributed by atoms with Crippen molar-refractivity contribution in [1.29, 1.82) is 0 Å². The summed E-state index contributed by atoms with van der Waals surface area (Å²) in [6.07, 6.45) is 0. The minimum Gasteiger partial charge on any atom is -0.744 e. The zero-order valence-corrected chi connectivity index (χ0v) is 21.3. The van der Waals surface area contributed by atoms with Crippen LogP contribution < -0.4 is 59.1 Å². The topological polar surface area (TPSA) is 114 Å². The van der Waals surface area contributed by atoms with Crippen molar-refractivity contribution in [3.8, 4) is 11.1 Å². The first-order chi connectivity index (χ1) is 10.00. The van der Waals surface area contributed by atoms with E-state index in [2.05, 4.69) is 31.9 Å². The monoisotopic (exact) mass is 514 g/mol. The van der Waals surface area contributed by atoms with Gasteiger partial charge < -0.3 is 9.11 Å². The molecule has 2 rings (SSSR count). The van der Waals surface area contributed by atoms with Gasteiger partial charge in [-0.05, 0) is 24.3 Å². The molecule has 0 N–H and O–H groups in total. The van der Waals surface area contributed by atoms with Gasteiger partial charge in [-0.1, -0.05) is 44.0 Å². The molecule has 2 aromatic carbocycles. The number of rotatable bonds is 3. The molecule has 0 saturated heterocycles. The summed E-state index contributed by atoms with van der Waals surface area (Å²) < 4.78 is 69.0. The fourth-order valence-corrected chi connectivity index (χ4v) is 4.31. The normalized spacial score (nSPS) is 11.3. The molecule has 0 radical (unpaired) electrons. The van der Waals surface area contributed by atoms with Gasteiger partial charge in [0.2, 0.25) is 0 Å². The van der Waals surface area contributed by atoms with Crippen LogP contribution in [0, 0.1) is 0 Å². The molecule has 0 unspecified atom stereocenters. The van der Waals surface area contributed by atoms with Gasteiger partial charge in [0.05, 0.1) is 9.79 Å². The summed E-state index contributed by atoms with van der Waals surface area (Å²) in [5, 5.41) is 0. The largest absolute Gasteiger partial charge is 1.00 e. The summed E-state index contributed by atoms with van der Waals surface area (Å²) in [5.74, 6) is 0. The van der Waals surface area contributed by atoms with E-state index in [0.29, 0.717) is 8.95 Å². The first-order valence-electron chi connectivity index (χ1n) is 5.51. The van der Waals surface area contributed by atoms with Gasteiger partial charge in [0.15, 0.2) is 0 Å². The second-order valence-corrected chi connectivity index (χ2v) is 8.72. The molecule has 0 amide bonds. The summed E-state index contributed by atoms with van der Waals surface area (Å²) in [6.45, 7) is 0. The zero-order valence-electron chi connectivity index (χ0n) is 12.5. The molecule has 0 aliphatic rings. The molecule has 118 valence electrons. The molecule has 0 aromatic heterocycles. The van der Waals surface area contributed by atoms with E-state index in [-0.39, 0.29) is 70.2 Å². The van der Waals surface area contributed by atoms with E-state index in [4.69, 9.17) is 0 Å². The van der Waals surface area contributed by atoms with Crippen molar-refractivity contribution in [3.05, 3.63) is 45.3 Å². The molecule has 0 bridgehead atoms. The Morgan fingerprint density at radius 2 is 0.958 bits per heavy atom. The van der Waals surface area contributed by atoms with Crippen LogP contribution in [0.3, 0.4) is 0 Å². The van der Waals surface area contributed by atoms with Crippen molar-refractivity contribution >= 4 is 52.1 Å². The van der Waals surface area contributed by atoms with E-state index < -0.39 is 30.0 Å². The molecular weight excluding hydrogens is 510 g/mol. The Morgan fingerprint density at radius 3 is 1.21 bits per heavy atom. The van der Waals surface area contributed by atoms with E-state index in [9.17, 15) is 25.9 Å². The number of hydrogen-bond donors (Lipinski definition) is 0. The number of hydrogen-bond acceptors (Lipinski definition) is 6. The van der Waals surface area contributed by atoms with Gasteiger partial charge in [-0.25, -0.2) is 16.8 Å². The summed E-state index contributed by atoms with van der Waals surface area (Å²) >= 11 is 6.08. The van der Waals surface area contributed by atoms with Gasteiger partial charge in [0, 0.05) is 20.1 Å². The molecule has 12 heteroatoms. The average Bonchev–Trinajstić information content (AvgIpc) is 2.37. The fraction of sp³-hybridized carbons (Fsp3) is 0. The first-order valence-corrected chi connectivity index (χ1v) is 9.91. The Labute approximate surface area is 200 Å². The molecule has 0 fully saturated rings. The minimum atomic E-state index is -4.87. The maximum atomic E-state index is 11.4. The van der Waals surface area contributed by atoms with Crippen LogP contribution in [-0.4, -0.2) is 25.9 Å². The Hall–Kier alpha value is 1.22. The van der Waals surface area contributed by atoms with Crippen LogP contribution >= 0.6 is 31.9 Å². The van der Waals surface area contributed by atoms with Crippen molar-refractivity contribution in [2.45, 2.75) is 9.79 Å². The fourth-order valence-electron chi connectivity index (χ4n) is 1.85. The Kier molecular flexibility index (Phi) is 9.91. The van der Waals surface area contributed by atoms with Crippen LogP contribution in [0.1, 0.15) is 0 Å². The van der Waals surface area contributed by atoms with Crippen molar-refractivity contribution in [2.75, 3.05) is 0 Å². The van der Waals surface area contributed by atoms with E-state index in [1.165, 1.54) is 24.3 Å². The molecule has 0 saturated carbocycles. The predicted molar refractivity (Wildman–Crippen MR) is 83.2 cm³/mol. The SMILES string of the molecule is O=S(=O)([O-])c1cc(Br)ccc1-c1ccc(Br)cc1S(=O)(=O)[O-].[Na+].[Na+]. The maximum absolute atomic E-state index is 11.4. The summed E-state index contributed by atoms with van der Waals surface area (Å²) in [6, 6.07) is 7.50. The summed E-state index contributed by atoms with van der Waals surface area (Å²) in [5.41, 5.74) is -0.305. The average molecular weight is 516 g/mol. The first kappa shape index (κ1) is 25.2. The van der Waals surface area contributed by atoms with Crippen LogP contribution in [0.25, 0.3) is 11.1 Å². The van der Waals surface area contributed by atoms with E-state index >= 15 is 0 Å². The molecule has 0 spiro atoms. The summed E-state index contributed by atoms with van der Waals surface area (Å²) in [4.78, 5) is -1.23. The van der Waals surface area contributed by atoms with Crippen LogP contribution in [0.4, 0.5) is 0 Å². The Morgan fingerprint density at radius 1 is 0.667 bits per heavy atom. The van der Waals surface area contributed by atoms with Crippen LogP contribution in [0.5, 0.6) is 0 Å². The van der Waals surface area contributed by atoms with Crippen molar-refractivity contribution in [2.24, 2.45) is 0 Å². The second kappa shape index (κ2) is 9.43. The minimum absolute atomic E-state index is 0. The summed E-state index contributed by atoms with van der Waals surface area (Å²) in [7, 11) is -9.73. The smallest absolute Gasteiger partial charge is 0.744 e. The van der Waals surface area contributed by atoms with Gasteiger partial charge in [-0.15, -0.1) is 0 Å². The van der Waals surface area contributed by atoms with E-state index in [1.54, 1.807) is 0 Å². The van der Waals surface area contributed by atoms with Crippen LogP contribution in [0.15, 0.2) is 55.1 Å². The third-order valence-electron chi connectivity index (χ3n) is 2.72. The van der Waals surface area contributed by atoms with Gasteiger partial charge >= 0.3 is 59.1 Å². The maximum Gasteiger partial charge on any atom is 1.00 e. The van der Waals surface area contributed by atoms with Gasteiger partial charge in [-0.2, -0.15) is 0 Å². The molecule has 0 aliphatic heterocycles. The van der Waals surface area contributed by atoms with Crippen molar-refractivity contribution in [3.63, 3.8) is 0 Å². The Bertz CT molecular complexity index is 882. The third kappa shape index (κ3) is 6.14. The molecular formula is C12H6Br2Na2O6S2. The molecule has 6 nitrogen and oxygen atoms in total. The van der Waals surface area contributed by atoms with Crippen LogP contribution in [0.2, 0.25) is 0 Å². The predicted octanol–water partition coefficient (Wildman–Crippen LogP) is -3.31. The standard InChI is InChI=1S/C12H8Br2O6S2.2Na/c13-7-1-3-9(11(5-7)21(15,16)17)10-4-2-8(14)6-12(10)22(18,19)20;;/h1-6H,(H,15,16,17)(H,18,19,20);;/q;2*+1/p-2. The van der Waals surface area contributed by atoms with Gasteiger partial charge in [-0.3, -0.25) is 0 Å². The number of benzene rings is 2. The molecule has 0 heterocycles. The number of halogens is 2. The van der Waals surface area contributed by atoms with Gasteiger partial charge in [0.25, 0.3) is 0 Å². The zero-order chi connectivity index (χ0) is 16.7. The van der Waals surface area contributed by atoms with E-state index in [0.717, 1.165) is 12.1 Å².